The zero-order chi connectivity index (χ0) is 14.9. The molecule has 7 heteroatoms. The van der Waals surface area contributed by atoms with Gasteiger partial charge in [0.15, 0.2) is 9.84 Å². The first-order valence-electron chi connectivity index (χ1n) is 6.31. The summed E-state index contributed by atoms with van der Waals surface area (Å²) in [6, 6.07) is 2.68. The molecule has 1 aliphatic heterocycles. The Morgan fingerprint density at radius 1 is 1.35 bits per heavy atom. The van der Waals surface area contributed by atoms with Crippen LogP contribution in [0.3, 0.4) is 0 Å². The Morgan fingerprint density at radius 3 is 2.40 bits per heavy atom. The molecule has 1 fully saturated rings. The van der Waals surface area contributed by atoms with Crippen molar-refractivity contribution in [1.82, 2.24) is 4.90 Å². The molecule has 20 heavy (non-hydrogen) atoms. The van der Waals surface area contributed by atoms with Crippen LogP contribution in [0.4, 0.5) is 8.78 Å². The molecule has 1 heterocycles. The summed E-state index contributed by atoms with van der Waals surface area (Å²) in [7, 11) is -3.17. The Hall–Kier alpha value is -1.50. The fourth-order valence-electron chi connectivity index (χ4n) is 2.43. The van der Waals surface area contributed by atoms with Crippen molar-refractivity contribution in [3.05, 3.63) is 35.4 Å². The first-order valence-corrected chi connectivity index (χ1v) is 8.13. The second-order valence-electron chi connectivity index (χ2n) is 4.74. The lowest BCUT2D eigenvalue weighted by molar-refractivity contribution is 0.0698. The highest BCUT2D eigenvalue weighted by molar-refractivity contribution is 7.91. The number of carbonyl (C=O) groups excluding carboxylic acids is 1. The van der Waals surface area contributed by atoms with Crippen LogP contribution in [0.2, 0.25) is 0 Å². The summed E-state index contributed by atoms with van der Waals surface area (Å²) in [6.07, 6.45) is 0.304. The van der Waals surface area contributed by atoms with E-state index in [0.717, 1.165) is 12.1 Å². The molecule has 0 bridgehead atoms. The Bertz CT molecular complexity index is 610. The number of rotatable bonds is 3. The van der Waals surface area contributed by atoms with Crippen molar-refractivity contribution < 1.29 is 22.0 Å². The van der Waals surface area contributed by atoms with Crippen LogP contribution in [0.5, 0.6) is 0 Å². The molecule has 0 unspecified atom stereocenters. The number of benzene rings is 1. The zero-order valence-electron chi connectivity index (χ0n) is 11.0. The highest BCUT2D eigenvalue weighted by Crippen LogP contribution is 2.22. The third-order valence-electron chi connectivity index (χ3n) is 3.43. The lowest BCUT2D eigenvalue weighted by Gasteiger charge is -2.27. The Labute approximate surface area is 116 Å². The predicted molar refractivity (Wildman–Crippen MR) is 70.1 cm³/mol. The molecule has 110 valence electrons. The third-order valence-corrected chi connectivity index (χ3v) is 5.18. The number of amides is 1. The minimum atomic E-state index is -3.17. The van der Waals surface area contributed by atoms with Gasteiger partial charge in [0.05, 0.1) is 11.5 Å². The molecule has 1 atom stereocenters. The van der Waals surface area contributed by atoms with Gasteiger partial charge in [-0.05, 0) is 25.5 Å². The molecule has 0 saturated carbocycles. The third kappa shape index (κ3) is 2.82. The quantitative estimate of drug-likeness (QED) is 0.852. The second kappa shape index (κ2) is 5.47. The maximum atomic E-state index is 13.6. The van der Waals surface area contributed by atoms with Crippen LogP contribution in [0.1, 0.15) is 23.7 Å². The summed E-state index contributed by atoms with van der Waals surface area (Å²) < 4.78 is 50.2. The molecule has 0 radical (unpaired) electrons. The van der Waals surface area contributed by atoms with Gasteiger partial charge in [-0.2, -0.15) is 0 Å². The van der Waals surface area contributed by atoms with Gasteiger partial charge < -0.3 is 4.90 Å². The molecule has 1 amide bonds. The SMILES string of the molecule is CCN(C(=O)c1c(F)cccc1F)[C@H]1CCS(=O)(=O)C1. The van der Waals surface area contributed by atoms with Crippen molar-refractivity contribution in [3.8, 4) is 0 Å². The first kappa shape index (κ1) is 14.9. The molecule has 0 N–H and O–H groups in total. The molecule has 0 aliphatic carbocycles. The fourth-order valence-corrected chi connectivity index (χ4v) is 4.17. The van der Waals surface area contributed by atoms with Crippen molar-refractivity contribution in [1.29, 1.82) is 0 Å². The van der Waals surface area contributed by atoms with Crippen molar-refractivity contribution in [2.24, 2.45) is 0 Å². The van der Waals surface area contributed by atoms with Gasteiger partial charge in [-0.1, -0.05) is 6.07 Å². The van der Waals surface area contributed by atoms with E-state index in [-0.39, 0.29) is 18.1 Å². The normalized spacial score (nSPS) is 20.9. The largest absolute Gasteiger partial charge is 0.335 e. The van der Waals surface area contributed by atoms with Gasteiger partial charge in [-0.25, -0.2) is 17.2 Å². The van der Waals surface area contributed by atoms with E-state index in [4.69, 9.17) is 0 Å². The Balaban J connectivity index is 2.31. The van der Waals surface area contributed by atoms with Gasteiger partial charge >= 0.3 is 0 Å². The summed E-state index contributed by atoms with van der Waals surface area (Å²) in [5.74, 6) is -2.82. The molecule has 1 aromatic rings. The molecule has 0 aromatic heterocycles. The van der Waals surface area contributed by atoms with Crippen LogP contribution < -0.4 is 0 Å². The molecule has 1 aliphatic rings. The second-order valence-corrected chi connectivity index (χ2v) is 6.97. The van der Waals surface area contributed by atoms with Gasteiger partial charge in [0.2, 0.25) is 0 Å². The maximum absolute atomic E-state index is 13.6. The van der Waals surface area contributed by atoms with Gasteiger partial charge in [0.25, 0.3) is 5.91 Å². The Morgan fingerprint density at radius 2 is 1.95 bits per heavy atom. The van der Waals surface area contributed by atoms with E-state index in [1.165, 1.54) is 11.0 Å². The fraction of sp³-hybridized carbons (Fsp3) is 0.462. The number of nitrogens with zero attached hydrogens (tertiary/aromatic N) is 1. The number of sulfone groups is 1. The average Bonchev–Trinajstić information content (AvgIpc) is 2.70. The van der Waals surface area contributed by atoms with E-state index in [2.05, 4.69) is 0 Å². The van der Waals surface area contributed by atoms with Crippen LogP contribution >= 0.6 is 0 Å². The maximum Gasteiger partial charge on any atom is 0.260 e. The smallest absolute Gasteiger partial charge is 0.260 e. The van der Waals surface area contributed by atoms with Crippen molar-refractivity contribution in [2.75, 3.05) is 18.1 Å². The van der Waals surface area contributed by atoms with Gasteiger partial charge in [0, 0.05) is 12.6 Å². The number of hydrogen-bond donors (Lipinski definition) is 0. The van der Waals surface area contributed by atoms with Gasteiger partial charge in [0.1, 0.15) is 17.2 Å². The molecular formula is C13H15F2NO3S. The number of hydrogen-bond acceptors (Lipinski definition) is 3. The molecule has 2 rings (SSSR count). The Kier molecular flexibility index (Phi) is 4.08. The summed E-state index contributed by atoms with van der Waals surface area (Å²) in [5.41, 5.74) is -0.626. The lowest BCUT2D eigenvalue weighted by atomic mass is 10.1. The number of carbonyl (C=O) groups is 1. The first-order chi connectivity index (χ1) is 9.35. The number of halogens is 2. The monoisotopic (exact) mass is 303 g/mol. The van der Waals surface area contributed by atoms with Crippen LogP contribution in [-0.2, 0) is 9.84 Å². The van der Waals surface area contributed by atoms with Gasteiger partial charge in [-0.3, -0.25) is 4.79 Å². The summed E-state index contributed by atoms with van der Waals surface area (Å²) in [6.45, 7) is 1.86. The van der Waals surface area contributed by atoms with Crippen molar-refractivity contribution in [2.45, 2.75) is 19.4 Å². The van der Waals surface area contributed by atoms with E-state index in [9.17, 15) is 22.0 Å². The van der Waals surface area contributed by atoms with Crippen LogP contribution in [0.15, 0.2) is 18.2 Å². The van der Waals surface area contributed by atoms with Crippen LogP contribution in [-0.4, -0.2) is 43.3 Å². The van der Waals surface area contributed by atoms with Crippen LogP contribution in [0.25, 0.3) is 0 Å². The molecular weight excluding hydrogens is 288 g/mol. The highest BCUT2D eigenvalue weighted by Gasteiger charge is 2.35. The minimum absolute atomic E-state index is 0.00119. The predicted octanol–water partition coefficient (Wildman–Crippen LogP) is 1.61. The highest BCUT2D eigenvalue weighted by atomic mass is 32.2. The van der Waals surface area contributed by atoms with Gasteiger partial charge in [-0.15, -0.1) is 0 Å². The molecule has 1 aromatic carbocycles. The van der Waals surface area contributed by atoms with E-state index in [1.807, 2.05) is 0 Å². The van der Waals surface area contributed by atoms with E-state index >= 15 is 0 Å². The standard InChI is InChI=1S/C13H15F2NO3S/c1-2-16(9-6-7-20(18,19)8-9)13(17)12-10(14)4-3-5-11(12)15/h3-5,9H,2,6-8H2,1H3/t9-/m0/s1. The average molecular weight is 303 g/mol. The summed E-state index contributed by atoms with van der Waals surface area (Å²) >= 11 is 0. The molecule has 0 spiro atoms. The van der Waals surface area contributed by atoms with E-state index in [0.29, 0.717) is 6.42 Å². The minimum Gasteiger partial charge on any atom is -0.335 e. The molecule has 4 nitrogen and oxygen atoms in total. The van der Waals surface area contributed by atoms with E-state index < -0.39 is 39.0 Å². The topological polar surface area (TPSA) is 54.5 Å². The van der Waals surface area contributed by atoms with Crippen LogP contribution in [0, 0.1) is 11.6 Å². The summed E-state index contributed by atoms with van der Waals surface area (Å²) in [5, 5.41) is 0. The zero-order valence-corrected chi connectivity index (χ0v) is 11.8. The summed E-state index contributed by atoms with van der Waals surface area (Å²) in [4.78, 5) is 13.5. The lowest BCUT2D eigenvalue weighted by Crippen LogP contribution is -2.41. The van der Waals surface area contributed by atoms with Crippen molar-refractivity contribution in [3.63, 3.8) is 0 Å². The van der Waals surface area contributed by atoms with E-state index in [1.54, 1.807) is 6.92 Å². The van der Waals surface area contributed by atoms with Crippen molar-refractivity contribution >= 4 is 15.7 Å². The molecule has 1 saturated heterocycles.